The van der Waals surface area contributed by atoms with Crippen molar-refractivity contribution in [3.63, 3.8) is 0 Å². The van der Waals surface area contributed by atoms with Crippen LogP contribution in [0.4, 0.5) is 0 Å². The van der Waals surface area contributed by atoms with Crippen LogP contribution in [0.1, 0.15) is 96.3 Å². The molecule has 0 saturated heterocycles. The molecule has 3 aliphatic carbocycles. The number of allylic oxidation sites excluding steroid dienone is 4. The van der Waals surface area contributed by atoms with E-state index in [1.54, 1.807) is 0 Å². The highest BCUT2D eigenvalue weighted by atomic mass is 14.5. The molecule has 21 heavy (non-hydrogen) atoms. The van der Waals surface area contributed by atoms with Crippen molar-refractivity contribution in [3.8, 4) is 0 Å². The van der Waals surface area contributed by atoms with E-state index in [2.05, 4.69) is 18.2 Å². The van der Waals surface area contributed by atoms with E-state index in [4.69, 9.17) is 0 Å². The lowest BCUT2D eigenvalue weighted by Gasteiger charge is -2.44. The fraction of sp³-hybridized carbons (Fsp3) is 0.810. The third kappa shape index (κ3) is 3.63. The Morgan fingerprint density at radius 2 is 1.38 bits per heavy atom. The fourth-order valence-corrected chi connectivity index (χ4v) is 5.38. The largest absolute Gasteiger partial charge is 0.0842 e. The predicted octanol–water partition coefficient (Wildman–Crippen LogP) is 6.96. The number of hydrogen-bond donors (Lipinski definition) is 0. The molecule has 0 N–H and O–H groups in total. The summed E-state index contributed by atoms with van der Waals surface area (Å²) >= 11 is 0. The van der Waals surface area contributed by atoms with Crippen molar-refractivity contribution in [2.24, 2.45) is 11.3 Å². The van der Waals surface area contributed by atoms with Crippen molar-refractivity contribution in [3.05, 3.63) is 23.8 Å². The van der Waals surface area contributed by atoms with Crippen molar-refractivity contribution in [1.29, 1.82) is 0 Å². The predicted molar refractivity (Wildman–Crippen MR) is 92.4 cm³/mol. The van der Waals surface area contributed by atoms with E-state index in [1.165, 1.54) is 96.3 Å². The molecular formula is C21H34. The molecule has 0 amide bonds. The van der Waals surface area contributed by atoms with Crippen LogP contribution in [0.25, 0.3) is 0 Å². The molecule has 0 spiro atoms. The summed E-state index contributed by atoms with van der Waals surface area (Å²) in [5.41, 5.74) is 2.44. The summed E-state index contributed by atoms with van der Waals surface area (Å²) in [5, 5.41) is 0. The maximum absolute atomic E-state index is 2.52. The van der Waals surface area contributed by atoms with Gasteiger partial charge in [0.05, 0.1) is 0 Å². The van der Waals surface area contributed by atoms with E-state index in [0.717, 1.165) is 5.92 Å². The lowest BCUT2D eigenvalue weighted by molar-refractivity contribution is 0.140. The summed E-state index contributed by atoms with van der Waals surface area (Å²) in [5.74, 6) is 0.994. The molecule has 0 aromatic heterocycles. The molecule has 3 rings (SSSR count). The summed E-state index contributed by atoms with van der Waals surface area (Å²) in [6.45, 7) is 0. The quantitative estimate of drug-likeness (QED) is 0.481. The molecule has 2 saturated carbocycles. The van der Waals surface area contributed by atoms with Gasteiger partial charge in [0.2, 0.25) is 0 Å². The normalized spacial score (nSPS) is 28.3. The molecule has 0 atom stereocenters. The van der Waals surface area contributed by atoms with Crippen molar-refractivity contribution < 1.29 is 0 Å². The van der Waals surface area contributed by atoms with Gasteiger partial charge >= 0.3 is 0 Å². The Kier molecular flexibility index (Phi) is 5.61. The van der Waals surface area contributed by atoms with Gasteiger partial charge in [-0.1, -0.05) is 81.6 Å². The highest BCUT2D eigenvalue weighted by Crippen LogP contribution is 2.53. The van der Waals surface area contributed by atoms with Gasteiger partial charge in [0.25, 0.3) is 0 Å². The average molecular weight is 287 g/mol. The van der Waals surface area contributed by atoms with E-state index in [9.17, 15) is 0 Å². The summed E-state index contributed by atoms with van der Waals surface area (Å²) < 4.78 is 0. The molecule has 0 aliphatic heterocycles. The van der Waals surface area contributed by atoms with Gasteiger partial charge in [-0.3, -0.25) is 0 Å². The maximum Gasteiger partial charge on any atom is -0.00566 e. The van der Waals surface area contributed by atoms with Gasteiger partial charge < -0.3 is 0 Å². The second-order valence-electron chi connectivity index (χ2n) is 7.77. The summed E-state index contributed by atoms with van der Waals surface area (Å²) in [7, 11) is 0. The lowest BCUT2D eigenvalue weighted by Crippen LogP contribution is -2.33. The second kappa shape index (κ2) is 7.65. The Morgan fingerprint density at radius 3 is 2.00 bits per heavy atom. The number of hydrogen-bond acceptors (Lipinski definition) is 0. The van der Waals surface area contributed by atoms with E-state index in [0.29, 0.717) is 5.41 Å². The number of rotatable bonds is 2. The van der Waals surface area contributed by atoms with Crippen LogP contribution in [0.5, 0.6) is 0 Å². The zero-order chi connectivity index (χ0) is 14.4. The van der Waals surface area contributed by atoms with Crippen LogP contribution in [0.2, 0.25) is 0 Å². The van der Waals surface area contributed by atoms with E-state index >= 15 is 0 Å². The van der Waals surface area contributed by atoms with Crippen molar-refractivity contribution in [2.75, 3.05) is 0 Å². The zero-order valence-electron chi connectivity index (χ0n) is 13.9. The minimum Gasteiger partial charge on any atom is -0.0842 e. The Balaban J connectivity index is 1.85. The van der Waals surface area contributed by atoms with Crippen molar-refractivity contribution >= 4 is 0 Å². The fourth-order valence-electron chi connectivity index (χ4n) is 5.38. The summed E-state index contributed by atoms with van der Waals surface area (Å²) in [6.07, 6.45) is 29.3. The highest BCUT2D eigenvalue weighted by molar-refractivity contribution is 5.26. The van der Waals surface area contributed by atoms with Gasteiger partial charge in [0.1, 0.15) is 0 Å². The molecule has 2 fully saturated rings. The molecule has 118 valence electrons. The Bertz CT molecular complexity index is 357. The first kappa shape index (κ1) is 15.4. The van der Waals surface area contributed by atoms with Crippen LogP contribution in [0, 0.1) is 11.3 Å². The first-order valence-electron chi connectivity index (χ1n) is 9.78. The zero-order valence-corrected chi connectivity index (χ0v) is 13.9. The second-order valence-corrected chi connectivity index (χ2v) is 7.77. The van der Waals surface area contributed by atoms with Crippen molar-refractivity contribution in [2.45, 2.75) is 96.3 Å². The first-order chi connectivity index (χ1) is 10.4. The summed E-state index contributed by atoms with van der Waals surface area (Å²) in [4.78, 5) is 0. The Labute approximate surface area is 132 Å². The molecule has 0 aromatic rings. The Hall–Kier alpha value is -0.520. The van der Waals surface area contributed by atoms with Crippen LogP contribution in [0.3, 0.4) is 0 Å². The summed E-state index contributed by atoms with van der Waals surface area (Å²) in [6, 6.07) is 0. The third-order valence-electron chi connectivity index (χ3n) is 6.54. The molecule has 0 radical (unpaired) electrons. The van der Waals surface area contributed by atoms with E-state index in [-0.39, 0.29) is 0 Å². The maximum atomic E-state index is 2.52. The molecule has 0 heterocycles. The SMILES string of the molecule is C1=CCCC(C2(C3CCCCCCC3)CCCCCC2)=C1. The van der Waals surface area contributed by atoms with Crippen LogP contribution in [-0.4, -0.2) is 0 Å². The van der Waals surface area contributed by atoms with Gasteiger partial charge in [0, 0.05) is 0 Å². The molecule has 3 aliphatic rings. The topological polar surface area (TPSA) is 0 Å². The average Bonchev–Trinajstić information content (AvgIpc) is 2.75. The van der Waals surface area contributed by atoms with Crippen LogP contribution >= 0.6 is 0 Å². The third-order valence-corrected chi connectivity index (χ3v) is 6.54. The van der Waals surface area contributed by atoms with Gasteiger partial charge in [-0.05, 0) is 49.9 Å². The van der Waals surface area contributed by atoms with Crippen LogP contribution in [-0.2, 0) is 0 Å². The van der Waals surface area contributed by atoms with Gasteiger partial charge in [-0.2, -0.15) is 0 Å². The minimum atomic E-state index is 0.596. The van der Waals surface area contributed by atoms with E-state index < -0.39 is 0 Å². The monoisotopic (exact) mass is 286 g/mol. The Morgan fingerprint density at radius 1 is 0.762 bits per heavy atom. The van der Waals surface area contributed by atoms with Gasteiger partial charge in [0.15, 0.2) is 0 Å². The first-order valence-corrected chi connectivity index (χ1v) is 9.78. The molecule has 0 nitrogen and oxygen atoms in total. The van der Waals surface area contributed by atoms with Crippen LogP contribution in [0.15, 0.2) is 23.8 Å². The highest BCUT2D eigenvalue weighted by Gasteiger charge is 2.41. The molecular weight excluding hydrogens is 252 g/mol. The van der Waals surface area contributed by atoms with Gasteiger partial charge in [-0.25, -0.2) is 0 Å². The molecule has 0 heteroatoms. The molecule has 0 aromatic carbocycles. The molecule has 0 bridgehead atoms. The van der Waals surface area contributed by atoms with Crippen molar-refractivity contribution in [1.82, 2.24) is 0 Å². The smallest absolute Gasteiger partial charge is 0.00566 e. The lowest BCUT2D eigenvalue weighted by atomic mass is 9.60. The van der Waals surface area contributed by atoms with Gasteiger partial charge in [-0.15, -0.1) is 0 Å². The minimum absolute atomic E-state index is 0.596. The standard InChI is InChI=1S/C21H34/c1-2-7-13-19(14-8-3-1)21(17-11-4-5-12-18-21)20-15-9-6-10-16-20/h6,9,15,19H,1-5,7-8,10-14,16-18H2. The van der Waals surface area contributed by atoms with Crippen LogP contribution < -0.4 is 0 Å². The van der Waals surface area contributed by atoms with E-state index in [1.807, 2.05) is 5.57 Å². The molecule has 0 unspecified atom stereocenters.